The molecule has 4 N–H and O–H groups in total. The Kier molecular flexibility index (Phi) is 2.82. The SMILES string of the molecule is O=c1c2[nH]cnc2ncn1[C@@H]1O[C@H](CO)[C@@H](O)[C@H]1O. The number of aliphatic hydroxyl groups excluding tert-OH is 3. The Bertz CT molecular complexity index is 653. The van der Waals surface area contributed by atoms with E-state index in [1.165, 1.54) is 12.7 Å². The third kappa shape index (κ3) is 1.75. The minimum absolute atomic E-state index is 0.181. The Hall–Kier alpha value is -1.81. The van der Waals surface area contributed by atoms with Crippen LogP contribution in [0.25, 0.3) is 11.2 Å². The second-order valence-corrected chi connectivity index (χ2v) is 4.29. The number of ether oxygens (including phenoxy) is 1. The monoisotopic (exact) mass is 268 g/mol. The molecule has 0 amide bonds. The number of imidazole rings is 1. The fourth-order valence-corrected chi connectivity index (χ4v) is 2.13. The maximum absolute atomic E-state index is 12.1. The third-order valence-electron chi connectivity index (χ3n) is 3.16. The molecule has 0 radical (unpaired) electrons. The molecule has 0 spiro atoms. The van der Waals surface area contributed by atoms with Crippen LogP contribution in [-0.2, 0) is 4.74 Å². The lowest BCUT2D eigenvalue weighted by molar-refractivity contribution is -0.0546. The zero-order valence-corrected chi connectivity index (χ0v) is 9.67. The van der Waals surface area contributed by atoms with E-state index in [9.17, 15) is 15.0 Å². The Morgan fingerprint density at radius 1 is 1.37 bits per heavy atom. The van der Waals surface area contributed by atoms with Crippen molar-refractivity contribution in [3.8, 4) is 0 Å². The maximum atomic E-state index is 12.1. The number of aliphatic hydroxyl groups is 3. The van der Waals surface area contributed by atoms with Crippen molar-refractivity contribution in [2.24, 2.45) is 0 Å². The fourth-order valence-electron chi connectivity index (χ4n) is 2.13. The summed E-state index contributed by atoms with van der Waals surface area (Å²) in [5.41, 5.74) is -0.0365. The van der Waals surface area contributed by atoms with E-state index in [1.807, 2.05) is 0 Å². The van der Waals surface area contributed by atoms with Crippen LogP contribution in [0.5, 0.6) is 0 Å². The van der Waals surface area contributed by atoms with Gasteiger partial charge in [0.2, 0.25) is 0 Å². The van der Waals surface area contributed by atoms with Crippen LogP contribution in [0, 0.1) is 0 Å². The van der Waals surface area contributed by atoms with Crippen LogP contribution in [0.15, 0.2) is 17.4 Å². The first-order valence-corrected chi connectivity index (χ1v) is 5.66. The predicted octanol–water partition coefficient (Wildman–Crippen LogP) is -2.27. The van der Waals surface area contributed by atoms with Crippen LogP contribution in [0.2, 0.25) is 0 Å². The van der Waals surface area contributed by atoms with Crippen molar-refractivity contribution in [3.05, 3.63) is 23.0 Å². The fraction of sp³-hybridized carbons (Fsp3) is 0.500. The summed E-state index contributed by atoms with van der Waals surface area (Å²) >= 11 is 0. The lowest BCUT2D eigenvalue weighted by atomic mass is 10.1. The van der Waals surface area contributed by atoms with E-state index in [-0.39, 0.29) is 11.2 Å². The van der Waals surface area contributed by atoms with Crippen molar-refractivity contribution in [1.29, 1.82) is 0 Å². The van der Waals surface area contributed by atoms with Crippen molar-refractivity contribution >= 4 is 11.2 Å². The average Bonchev–Trinajstić information content (AvgIpc) is 2.98. The topological polar surface area (TPSA) is 133 Å². The standard InChI is InChI=1S/C10H12N4O5/c15-1-4-6(16)7(17)10(19-4)14-3-13-8-5(9(14)18)11-2-12-8/h2-4,6-7,10,15-17H,1H2,(H,11,12)/t4-,6-,7-,10-/m1/s1. The summed E-state index contributed by atoms with van der Waals surface area (Å²) in [6.07, 6.45) is -2.10. The van der Waals surface area contributed by atoms with Gasteiger partial charge in [0.1, 0.15) is 24.6 Å². The quantitative estimate of drug-likeness (QED) is 0.482. The molecule has 1 saturated heterocycles. The minimum Gasteiger partial charge on any atom is -0.394 e. The Morgan fingerprint density at radius 3 is 2.84 bits per heavy atom. The largest absolute Gasteiger partial charge is 0.394 e. The number of rotatable bonds is 2. The van der Waals surface area contributed by atoms with Gasteiger partial charge >= 0.3 is 0 Å². The molecule has 2 aromatic rings. The third-order valence-corrected chi connectivity index (χ3v) is 3.16. The molecule has 0 aromatic carbocycles. The van der Waals surface area contributed by atoms with Gasteiger partial charge in [-0.3, -0.25) is 9.36 Å². The molecular weight excluding hydrogens is 256 g/mol. The molecule has 0 saturated carbocycles. The molecule has 2 aromatic heterocycles. The molecule has 1 aliphatic rings. The van der Waals surface area contributed by atoms with Crippen molar-refractivity contribution in [1.82, 2.24) is 19.5 Å². The number of aromatic nitrogens is 4. The van der Waals surface area contributed by atoms with E-state index >= 15 is 0 Å². The minimum atomic E-state index is -1.32. The highest BCUT2D eigenvalue weighted by Crippen LogP contribution is 2.28. The zero-order chi connectivity index (χ0) is 13.6. The van der Waals surface area contributed by atoms with Crippen LogP contribution < -0.4 is 5.56 Å². The van der Waals surface area contributed by atoms with Gasteiger partial charge in [-0.1, -0.05) is 0 Å². The van der Waals surface area contributed by atoms with Crippen molar-refractivity contribution < 1.29 is 20.1 Å². The van der Waals surface area contributed by atoms with E-state index in [0.717, 1.165) is 4.57 Å². The molecule has 1 fully saturated rings. The van der Waals surface area contributed by atoms with Gasteiger partial charge in [-0.15, -0.1) is 0 Å². The first-order chi connectivity index (χ1) is 9.13. The molecule has 1 aliphatic heterocycles. The summed E-state index contributed by atoms with van der Waals surface area (Å²) in [4.78, 5) is 22.6. The zero-order valence-electron chi connectivity index (χ0n) is 9.67. The predicted molar refractivity (Wildman–Crippen MR) is 61.2 cm³/mol. The second-order valence-electron chi connectivity index (χ2n) is 4.29. The number of nitrogens with zero attached hydrogens (tertiary/aromatic N) is 3. The molecule has 4 atom stereocenters. The van der Waals surface area contributed by atoms with Crippen molar-refractivity contribution in [2.75, 3.05) is 6.61 Å². The van der Waals surface area contributed by atoms with Gasteiger partial charge < -0.3 is 25.0 Å². The molecule has 0 bridgehead atoms. The molecule has 9 heteroatoms. The number of nitrogens with one attached hydrogen (secondary N) is 1. The first kappa shape index (κ1) is 12.2. The van der Waals surface area contributed by atoms with Gasteiger partial charge in [-0.2, -0.15) is 0 Å². The molecule has 3 heterocycles. The Morgan fingerprint density at radius 2 is 2.16 bits per heavy atom. The highest BCUT2D eigenvalue weighted by Gasteiger charge is 2.43. The Labute approximate surface area is 106 Å². The summed E-state index contributed by atoms with van der Waals surface area (Å²) in [6, 6.07) is 0. The average molecular weight is 268 g/mol. The summed E-state index contributed by atoms with van der Waals surface area (Å²) in [7, 11) is 0. The van der Waals surface area contributed by atoms with E-state index < -0.39 is 36.7 Å². The number of hydrogen-bond donors (Lipinski definition) is 4. The van der Waals surface area contributed by atoms with Crippen LogP contribution in [0.3, 0.4) is 0 Å². The maximum Gasteiger partial charge on any atom is 0.281 e. The van der Waals surface area contributed by atoms with Gasteiger partial charge in [-0.25, -0.2) is 9.97 Å². The van der Waals surface area contributed by atoms with Gasteiger partial charge in [0, 0.05) is 0 Å². The molecule has 9 nitrogen and oxygen atoms in total. The lowest BCUT2D eigenvalue weighted by Crippen LogP contribution is -2.35. The van der Waals surface area contributed by atoms with Crippen molar-refractivity contribution in [3.63, 3.8) is 0 Å². The number of fused-ring (bicyclic) bond motifs is 1. The van der Waals surface area contributed by atoms with Gasteiger partial charge in [0.15, 0.2) is 17.4 Å². The molecule has 3 rings (SSSR count). The highest BCUT2D eigenvalue weighted by molar-refractivity contribution is 5.67. The normalized spacial score (nSPS) is 31.1. The van der Waals surface area contributed by atoms with Crippen LogP contribution in [-0.4, -0.2) is 59.8 Å². The van der Waals surface area contributed by atoms with Gasteiger partial charge in [0.25, 0.3) is 5.56 Å². The summed E-state index contributed by atoms with van der Waals surface area (Å²) in [6.45, 7) is -0.455. The van der Waals surface area contributed by atoms with Crippen LogP contribution >= 0.6 is 0 Å². The van der Waals surface area contributed by atoms with Crippen LogP contribution in [0.4, 0.5) is 0 Å². The molecule has 0 aliphatic carbocycles. The summed E-state index contributed by atoms with van der Waals surface area (Å²) in [5.74, 6) is 0. The molecular formula is C10H12N4O5. The number of hydrogen-bond acceptors (Lipinski definition) is 7. The van der Waals surface area contributed by atoms with E-state index in [0.29, 0.717) is 0 Å². The Balaban J connectivity index is 2.05. The van der Waals surface area contributed by atoms with Gasteiger partial charge in [-0.05, 0) is 0 Å². The number of H-pyrrole nitrogens is 1. The summed E-state index contributed by atoms with van der Waals surface area (Å²) in [5, 5.41) is 28.5. The highest BCUT2D eigenvalue weighted by atomic mass is 16.6. The van der Waals surface area contributed by atoms with Crippen LogP contribution in [0.1, 0.15) is 6.23 Å². The van der Waals surface area contributed by atoms with Gasteiger partial charge in [0.05, 0.1) is 12.9 Å². The van der Waals surface area contributed by atoms with E-state index in [4.69, 9.17) is 9.84 Å². The lowest BCUT2D eigenvalue weighted by Gasteiger charge is -2.16. The smallest absolute Gasteiger partial charge is 0.281 e. The molecule has 0 unspecified atom stereocenters. The number of aromatic amines is 1. The van der Waals surface area contributed by atoms with Crippen molar-refractivity contribution in [2.45, 2.75) is 24.5 Å². The first-order valence-electron chi connectivity index (χ1n) is 5.66. The van der Waals surface area contributed by atoms with E-state index in [1.54, 1.807) is 0 Å². The van der Waals surface area contributed by atoms with E-state index in [2.05, 4.69) is 15.0 Å². The second kappa shape index (κ2) is 4.38. The molecule has 19 heavy (non-hydrogen) atoms. The summed E-state index contributed by atoms with van der Waals surface area (Å²) < 4.78 is 6.33. The molecule has 102 valence electrons.